The Morgan fingerprint density at radius 1 is 1.04 bits per heavy atom. The second-order valence-corrected chi connectivity index (χ2v) is 5.82. The molecule has 3 rings (SSSR count). The molecule has 112 valence electrons. The first kappa shape index (κ1) is 15.1. The molecule has 3 aromatic rings. The molecule has 0 fully saturated rings. The smallest absolute Gasteiger partial charge is 0.136 e. The fraction of sp³-hybridized carbons (Fsp3) is 0.0556. The number of benzene rings is 1. The molecule has 0 aliphatic heterocycles. The highest BCUT2D eigenvalue weighted by atomic mass is 32.2. The Balaban J connectivity index is 1.68. The van der Waals surface area contributed by atoms with Crippen molar-refractivity contribution in [3.63, 3.8) is 0 Å². The molecule has 0 aliphatic carbocycles. The number of hydrogen-bond acceptors (Lipinski definition) is 5. The summed E-state index contributed by atoms with van der Waals surface area (Å²) in [6, 6.07) is 19.4. The minimum absolute atomic E-state index is 0.649. The summed E-state index contributed by atoms with van der Waals surface area (Å²) < 4.78 is 3.21. The lowest BCUT2D eigenvalue weighted by Gasteiger charge is -2.06. The van der Waals surface area contributed by atoms with Gasteiger partial charge < -0.3 is 4.72 Å². The van der Waals surface area contributed by atoms with Gasteiger partial charge in [0.25, 0.3) is 0 Å². The average molecular weight is 318 g/mol. The van der Waals surface area contributed by atoms with Crippen LogP contribution in [0.25, 0.3) is 11.3 Å². The predicted octanol–water partition coefficient (Wildman–Crippen LogP) is 4.44. The Kier molecular flexibility index (Phi) is 4.55. The van der Waals surface area contributed by atoms with E-state index in [9.17, 15) is 0 Å². The number of rotatable bonds is 4. The highest BCUT2D eigenvalue weighted by Crippen LogP contribution is 2.23. The second-order valence-electron chi connectivity index (χ2n) is 4.94. The number of nitrogens with one attached hydrogen (secondary N) is 1. The molecular formula is C18H14N4S. The number of anilines is 1. The highest BCUT2D eigenvalue weighted by molar-refractivity contribution is 8.00. The third kappa shape index (κ3) is 3.87. The molecule has 0 aliphatic rings. The molecule has 1 N–H and O–H groups in total. The molecule has 0 atom stereocenters. The van der Waals surface area contributed by atoms with Crippen LogP contribution in [0.15, 0.2) is 65.7 Å². The van der Waals surface area contributed by atoms with Gasteiger partial charge in [-0.05, 0) is 55.3 Å². The maximum absolute atomic E-state index is 8.83. The van der Waals surface area contributed by atoms with Crippen molar-refractivity contribution >= 4 is 17.8 Å². The van der Waals surface area contributed by atoms with Gasteiger partial charge in [0.2, 0.25) is 0 Å². The van der Waals surface area contributed by atoms with Crippen molar-refractivity contribution in [3.8, 4) is 17.3 Å². The van der Waals surface area contributed by atoms with Crippen LogP contribution >= 0.6 is 11.9 Å². The maximum Gasteiger partial charge on any atom is 0.136 e. The van der Waals surface area contributed by atoms with Gasteiger partial charge in [0.1, 0.15) is 5.82 Å². The quantitative estimate of drug-likeness (QED) is 0.720. The van der Waals surface area contributed by atoms with Crippen molar-refractivity contribution in [2.45, 2.75) is 11.8 Å². The molecule has 2 aromatic heterocycles. The molecule has 0 radical (unpaired) electrons. The third-order valence-corrected chi connectivity index (χ3v) is 4.00. The van der Waals surface area contributed by atoms with Gasteiger partial charge in [-0.1, -0.05) is 18.2 Å². The first-order valence-corrected chi connectivity index (χ1v) is 7.89. The van der Waals surface area contributed by atoms with Crippen molar-refractivity contribution in [2.24, 2.45) is 0 Å². The van der Waals surface area contributed by atoms with E-state index < -0.39 is 0 Å². The Morgan fingerprint density at radius 2 is 1.87 bits per heavy atom. The van der Waals surface area contributed by atoms with Crippen LogP contribution in [0.5, 0.6) is 0 Å². The van der Waals surface area contributed by atoms with Crippen molar-refractivity contribution in [1.29, 1.82) is 5.26 Å². The van der Waals surface area contributed by atoms with Crippen LogP contribution in [0, 0.1) is 18.3 Å². The van der Waals surface area contributed by atoms with Crippen molar-refractivity contribution < 1.29 is 0 Å². The summed E-state index contributed by atoms with van der Waals surface area (Å²) in [5, 5.41) is 8.83. The molecule has 0 saturated carbocycles. The van der Waals surface area contributed by atoms with Gasteiger partial charge in [0.15, 0.2) is 0 Å². The van der Waals surface area contributed by atoms with Crippen molar-refractivity contribution in [2.75, 3.05) is 4.72 Å². The summed E-state index contributed by atoms with van der Waals surface area (Å²) in [5.41, 5.74) is 3.50. The minimum atomic E-state index is 0.649. The lowest BCUT2D eigenvalue weighted by Crippen LogP contribution is -1.92. The zero-order chi connectivity index (χ0) is 16.1. The van der Waals surface area contributed by atoms with E-state index in [1.807, 2.05) is 55.6 Å². The van der Waals surface area contributed by atoms with Gasteiger partial charge in [0.05, 0.1) is 17.3 Å². The maximum atomic E-state index is 8.83. The van der Waals surface area contributed by atoms with Crippen molar-refractivity contribution in [3.05, 3.63) is 72.1 Å². The number of nitrogens with zero attached hydrogens (tertiary/aromatic N) is 3. The molecule has 0 unspecified atom stereocenters. The molecule has 2 heterocycles. The van der Waals surface area contributed by atoms with Gasteiger partial charge in [-0.15, -0.1) is 0 Å². The highest BCUT2D eigenvalue weighted by Gasteiger charge is 2.02. The van der Waals surface area contributed by atoms with E-state index in [1.165, 1.54) is 11.9 Å². The first-order chi connectivity index (χ1) is 11.2. The van der Waals surface area contributed by atoms with E-state index >= 15 is 0 Å². The molecule has 0 spiro atoms. The van der Waals surface area contributed by atoms with Gasteiger partial charge in [-0.3, -0.25) is 4.98 Å². The Labute approximate surface area is 139 Å². The number of hydrogen-bond donors (Lipinski definition) is 1. The topological polar surface area (TPSA) is 61.6 Å². The number of nitriles is 1. The van der Waals surface area contributed by atoms with Crippen LogP contribution in [-0.4, -0.2) is 9.97 Å². The third-order valence-electron chi connectivity index (χ3n) is 3.21. The second kappa shape index (κ2) is 6.95. The Hall–Kier alpha value is -2.84. The van der Waals surface area contributed by atoms with Crippen LogP contribution in [-0.2, 0) is 0 Å². The summed E-state index contributed by atoms with van der Waals surface area (Å²) in [6.45, 7) is 1.96. The largest absolute Gasteiger partial charge is 0.310 e. The van der Waals surface area contributed by atoms with E-state index in [-0.39, 0.29) is 0 Å². The standard InChI is InChI=1S/C18H14N4S/c1-13-3-2-4-18(21-13)22-23-16-9-10-17(20-12-16)15-7-5-14(11-19)6-8-15/h2-10,12H,1H3,(H,21,22). The normalized spacial score (nSPS) is 10.1. The molecule has 0 bridgehead atoms. The zero-order valence-electron chi connectivity index (χ0n) is 12.5. The summed E-state index contributed by atoms with van der Waals surface area (Å²) in [6.07, 6.45) is 1.82. The van der Waals surface area contributed by atoms with Crippen LogP contribution < -0.4 is 4.72 Å². The summed E-state index contributed by atoms with van der Waals surface area (Å²) >= 11 is 1.47. The summed E-state index contributed by atoms with van der Waals surface area (Å²) in [7, 11) is 0. The van der Waals surface area contributed by atoms with Crippen LogP contribution in [0.1, 0.15) is 11.3 Å². The molecule has 5 heteroatoms. The fourth-order valence-electron chi connectivity index (χ4n) is 2.04. The molecule has 1 aromatic carbocycles. The molecule has 0 saturated heterocycles. The first-order valence-electron chi connectivity index (χ1n) is 7.08. The molecule has 23 heavy (non-hydrogen) atoms. The van der Waals surface area contributed by atoms with E-state index in [2.05, 4.69) is 20.8 Å². The van der Waals surface area contributed by atoms with E-state index in [4.69, 9.17) is 5.26 Å². The predicted molar refractivity (Wildman–Crippen MR) is 92.8 cm³/mol. The Bertz CT molecular complexity index is 836. The average Bonchev–Trinajstić information content (AvgIpc) is 2.61. The monoisotopic (exact) mass is 318 g/mol. The molecule has 4 nitrogen and oxygen atoms in total. The number of aromatic nitrogens is 2. The number of pyridine rings is 2. The molecule has 0 amide bonds. The van der Waals surface area contributed by atoms with Crippen molar-refractivity contribution in [1.82, 2.24) is 9.97 Å². The minimum Gasteiger partial charge on any atom is -0.310 e. The van der Waals surface area contributed by atoms with Crippen LogP contribution in [0.4, 0.5) is 5.82 Å². The molecular weight excluding hydrogens is 304 g/mol. The van der Waals surface area contributed by atoms with Crippen LogP contribution in [0.2, 0.25) is 0 Å². The lowest BCUT2D eigenvalue weighted by atomic mass is 10.1. The summed E-state index contributed by atoms with van der Waals surface area (Å²) in [5.74, 6) is 0.825. The van der Waals surface area contributed by atoms with Gasteiger partial charge in [-0.2, -0.15) is 5.26 Å². The van der Waals surface area contributed by atoms with Gasteiger partial charge >= 0.3 is 0 Å². The Morgan fingerprint density at radius 3 is 2.52 bits per heavy atom. The fourth-order valence-corrected chi connectivity index (χ4v) is 2.62. The van der Waals surface area contributed by atoms with E-state index in [0.29, 0.717) is 5.56 Å². The van der Waals surface area contributed by atoms with Gasteiger partial charge in [0, 0.05) is 22.3 Å². The summed E-state index contributed by atoms with van der Waals surface area (Å²) in [4.78, 5) is 9.87. The van der Waals surface area contributed by atoms with Gasteiger partial charge in [-0.25, -0.2) is 4.98 Å². The van der Waals surface area contributed by atoms with E-state index in [1.54, 1.807) is 12.1 Å². The van der Waals surface area contributed by atoms with E-state index in [0.717, 1.165) is 27.7 Å². The van der Waals surface area contributed by atoms with Crippen LogP contribution in [0.3, 0.4) is 0 Å². The number of aryl methyl sites for hydroxylation is 1. The lowest BCUT2D eigenvalue weighted by molar-refractivity contribution is 1.21. The SMILES string of the molecule is Cc1cccc(NSc2ccc(-c3ccc(C#N)cc3)nc2)n1. The zero-order valence-corrected chi connectivity index (χ0v) is 13.3.